The van der Waals surface area contributed by atoms with Crippen LogP contribution in [0.2, 0.25) is 0 Å². The van der Waals surface area contributed by atoms with E-state index in [0.717, 1.165) is 25.1 Å². The van der Waals surface area contributed by atoms with Crippen molar-refractivity contribution in [3.63, 3.8) is 0 Å². The van der Waals surface area contributed by atoms with Crippen molar-refractivity contribution in [2.45, 2.75) is 32.7 Å². The van der Waals surface area contributed by atoms with Gasteiger partial charge in [0.2, 0.25) is 0 Å². The minimum Gasteiger partial charge on any atom is -0.469 e. The van der Waals surface area contributed by atoms with E-state index in [1.807, 2.05) is 13.2 Å². The summed E-state index contributed by atoms with van der Waals surface area (Å²) < 4.78 is 6.61. The topological polar surface area (TPSA) is 25.2 Å². The number of aryl methyl sites for hydroxylation is 1. The number of rotatable bonds is 6. The standard InChI is InChI=1S/C14H18BrNOS/c1-3-6-16-13(11-7-10(2)17-9-11)8-12-4-5-14(15)18-12/h4-5,7,9,13,16H,3,6,8H2,1-2H3. The molecule has 0 aromatic carbocycles. The lowest BCUT2D eigenvalue weighted by Crippen LogP contribution is -2.23. The summed E-state index contributed by atoms with van der Waals surface area (Å²) in [5.74, 6) is 0.973. The van der Waals surface area contributed by atoms with E-state index >= 15 is 0 Å². The van der Waals surface area contributed by atoms with Crippen molar-refractivity contribution in [3.05, 3.63) is 44.4 Å². The molecule has 1 N–H and O–H groups in total. The zero-order chi connectivity index (χ0) is 13.0. The van der Waals surface area contributed by atoms with E-state index in [-0.39, 0.29) is 0 Å². The van der Waals surface area contributed by atoms with Crippen molar-refractivity contribution in [1.29, 1.82) is 0 Å². The Balaban J connectivity index is 2.09. The summed E-state index contributed by atoms with van der Waals surface area (Å²) in [5, 5.41) is 3.59. The van der Waals surface area contributed by atoms with Gasteiger partial charge in [-0.05, 0) is 54.0 Å². The van der Waals surface area contributed by atoms with Gasteiger partial charge in [0, 0.05) is 22.9 Å². The maximum atomic E-state index is 5.42. The van der Waals surface area contributed by atoms with Crippen molar-refractivity contribution >= 4 is 27.3 Å². The van der Waals surface area contributed by atoms with Crippen molar-refractivity contribution in [3.8, 4) is 0 Å². The molecule has 4 heteroatoms. The zero-order valence-electron chi connectivity index (χ0n) is 10.7. The van der Waals surface area contributed by atoms with Gasteiger partial charge in [-0.1, -0.05) is 6.92 Å². The van der Waals surface area contributed by atoms with E-state index in [0.29, 0.717) is 6.04 Å². The number of hydrogen-bond acceptors (Lipinski definition) is 3. The van der Waals surface area contributed by atoms with E-state index in [2.05, 4.69) is 46.4 Å². The summed E-state index contributed by atoms with van der Waals surface area (Å²) in [4.78, 5) is 1.38. The lowest BCUT2D eigenvalue weighted by atomic mass is 10.1. The van der Waals surface area contributed by atoms with Crippen LogP contribution in [0.25, 0.3) is 0 Å². The Morgan fingerprint density at radius 3 is 2.83 bits per heavy atom. The molecule has 0 fully saturated rings. The summed E-state index contributed by atoms with van der Waals surface area (Å²) in [6.45, 7) is 5.20. The molecular formula is C14H18BrNOS. The van der Waals surface area contributed by atoms with Gasteiger partial charge in [-0.2, -0.15) is 0 Å². The molecule has 98 valence electrons. The first kappa shape index (κ1) is 13.8. The predicted octanol–water partition coefficient (Wildman–Crippen LogP) is 4.70. The Kier molecular flexibility index (Phi) is 5.03. The molecule has 2 nitrogen and oxygen atoms in total. The third-order valence-corrected chi connectivity index (χ3v) is 4.47. The van der Waals surface area contributed by atoms with Gasteiger partial charge in [-0.15, -0.1) is 11.3 Å². The normalized spacial score (nSPS) is 12.8. The average molecular weight is 328 g/mol. The maximum Gasteiger partial charge on any atom is 0.101 e. The molecular weight excluding hydrogens is 310 g/mol. The van der Waals surface area contributed by atoms with Crippen molar-refractivity contribution in [1.82, 2.24) is 5.32 Å². The number of thiophene rings is 1. The van der Waals surface area contributed by atoms with Crippen LogP contribution in [-0.2, 0) is 6.42 Å². The average Bonchev–Trinajstić information content (AvgIpc) is 2.93. The van der Waals surface area contributed by atoms with Crippen LogP contribution >= 0.6 is 27.3 Å². The van der Waals surface area contributed by atoms with E-state index in [1.54, 1.807) is 11.3 Å². The number of nitrogens with one attached hydrogen (secondary N) is 1. The van der Waals surface area contributed by atoms with Gasteiger partial charge < -0.3 is 9.73 Å². The van der Waals surface area contributed by atoms with E-state index in [1.165, 1.54) is 14.2 Å². The minimum atomic E-state index is 0.341. The van der Waals surface area contributed by atoms with Crippen LogP contribution in [0.15, 0.2) is 32.7 Å². The van der Waals surface area contributed by atoms with Crippen LogP contribution in [0.5, 0.6) is 0 Å². The van der Waals surface area contributed by atoms with Gasteiger partial charge in [0.1, 0.15) is 5.76 Å². The summed E-state index contributed by atoms with van der Waals surface area (Å²) in [6, 6.07) is 6.75. The Morgan fingerprint density at radius 1 is 1.44 bits per heavy atom. The molecule has 18 heavy (non-hydrogen) atoms. The Labute approximate surface area is 121 Å². The predicted molar refractivity (Wildman–Crippen MR) is 80.2 cm³/mol. The van der Waals surface area contributed by atoms with Crippen LogP contribution in [0.1, 0.15) is 35.6 Å². The van der Waals surface area contributed by atoms with E-state index in [4.69, 9.17) is 4.42 Å². The second-order valence-corrected chi connectivity index (χ2v) is 6.95. The molecule has 0 saturated carbocycles. The molecule has 2 aromatic rings. The summed E-state index contributed by atoms with van der Waals surface area (Å²) >= 11 is 5.31. The third kappa shape index (κ3) is 3.70. The van der Waals surface area contributed by atoms with Crippen molar-refractivity contribution < 1.29 is 4.42 Å². The van der Waals surface area contributed by atoms with Gasteiger partial charge in [-0.3, -0.25) is 0 Å². The Bertz CT molecular complexity index is 491. The number of furan rings is 1. The summed E-state index contributed by atoms with van der Waals surface area (Å²) in [5.41, 5.74) is 1.24. The van der Waals surface area contributed by atoms with Crippen LogP contribution in [0.4, 0.5) is 0 Å². The zero-order valence-corrected chi connectivity index (χ0v) is 13.1. The molecule has 0 bridgehead atoms. The molecule has 0 radical (unpaired) electrons. The highest BCUT2D eigenvalue weighted by atomic mass is 79.9. The van der Waals surface area contributed by atoms with E-state index in [9.17, 15) is 0 Å². The van der Waals surface area contributed by atoms with Crippen LogP contribution in [0.3, 0.4) is 0 Å². The molecule has 0 amide bonds. The fraction of sp³-hybridized carbons (Fsp3) is 0.429. The highest BCUT2D eigenvalue weighted by Crippen LogP contribution is 2.27. The first-order valence-corrected chi connectivity index (χ1v) is 7.82. The summed E-state index contributed by atoms with van der Waals surface area (Å²) in [6.07, 6.45) is 4.02. The highest BCUT2D eigenvalue weighted by Gasteiger charge is 2.14. The van der Waals surface area contributed by atoms with E-state index < -0.39 is 0 Å². The quantitative estimate of drug-likeness (QED) is 0.832. The van der Waals surface area contributed by atoms with Crippen LogP contribution < -0.4 is 5.32 Å². The lowest BCUT2D eigenvalue weighted by molar-refractivity contribution is 0.505. The maximum absolute atomic E-state index is 5.42. The molecule has 1 atom stereocenters. The van der Waals surface area contributed by atoms with Gasteiger partial charge in [0.15, 0.2) is 0 Å². The monoisotopic (exact) mass is 327 g/mol. The van der Waals surface area contributed by atoms with Crippen LogP contribution in [-0.4, -0.2) is 6.54 Å². The van der Waals surface area contributed by atoms with Gasteiger partial charge in [-0.25, -0.2) is 0 Å². The van der Waals surface area contributed by atoms with Gasteiger partial charge in [0.25, 0.3) is 0 Å². The van der Waals surface area contributed by atoms with Crippen molar-refractivity contribution in [2.75, 3.05) is 6.54 Å². The van der Waals surface area contributed by atoms with Gasteiger partial charge in [0.05, 0.1) is 10.0 Å². The third-order valence-electron chi connectivity index (χ3n) is 2.83. The van der Waals surface area contributed by atoms with Crippen molar-refractivity contribution in [2.24, 2.45) is 0 Å². The fourth-order valence-corrected chi connectivity index (χ4v) is 3.46. The molecule has 0 aliphatic carbocycles. The molecule has 0 aliphatic heterocycles. The SMILES string of the molecule is CCCNC(Cc1ccc(Br)s1)c1coc(C)c1. The first-order chi connectivity index (χ1) is 8.69. The molecule has 2 rings (SSSR count). The molecule has 0 spiro atoms. The number of halogens is 1. The first-order valence-electron chi connectivity index (χ1n) is 6.21. The smallest absolute Gasteiger partial charge is 0.101 e. The lowest BCUT2D eigenvalue weighted by Gasteiger charge is -2.16. The Hall–Kier alpha value is -0.580. The minimum absolute atomic E-state index is 0.341. The molecule has 2 heterocycles. The van der Waals surface area contributed by atoms with Gasteiger partial charge >= 0.3 is 0 Å². The van der Waals surface area contributed by atoms with Crippen LogP contribution in [0, 0.1) is 6.92 Å². The second-order valence-electron chi connectivity index (χ2n) is 4.41. The fourth-order valence-electron chi connectivity index (χ4n) is 1.94. The highest BCUT2D eigenvalue weighted by molar-refractivity contribution is 9.11. The largest absolute Gasteiger partial charge is 0.469 e. The number of hydrogen-bond donors (Lipinski definition) is 1. The molecule has 0 aliphatic rings. The molecule has 0 saturated heterocycles. The molecule has 1 unspecified atom stereocenters. The Morgan fingerprint density at radius 2 is 2.28 bits per heavy atom. The molecule has 2 aromatic heterocycles. The summed E-state index contributed by atoms with van der Waals surface area (Å²) in [7, 11) is 0. The second kappa shape index (κ2) is 6.55.